The van der Waals surface area contributed by atoms with Crippen molar-refractivity contribution in [3.8, 4) is 0 Å². The standard InChI is InChI=1S/C15H23N3O3S/c1-12-5-3-4-6-13(12)11-16-15(19)17-14-7-9-18(10-8-14)22(2,20)21/h3-6,14H,7-11H2,1-2H3,(H2,16,17,19). The molecule has 1 aromatic carbocycles. The van der Waals surface area contributed by atoms with E-state index in [4.69, 9.17) is 0 Å². The summed E-state index contributed by atoms with van der Waals surface area (Å²) in [4.78, 5) is 11.9. The van der Waals surface area contributed by atoms with Gasteiger partial charge in [-0.1, -0.05) is 24.3 Å². The number of piperidine rings is 1. The summed E-state index contributed by atoms with van der Waals surface area (Å²) in [7, 11) is -3.12. The summed E-state index contributed by atoms with van der Waals surface area (Å²) in [6.45, 7) is 3.42. The highest BCUT2D eigenvalue weighted by Gasteiger charge is 2.25. The number of aryl methyl sites for hydroxylation is 1. The molecule has 1 aromatic rings. The van der Waals surface area contributed by atoms with Gasteiger partial charge in [0.15, 0.2) is 0 Å². The molecule has 0 atom stereocenters. The van der Waals surface area contributed by atoms with Crippen LogP contribution >= 0.6 is 0 Å². The maximum Gasteiger partial charge on any atom is 0.315 e. The zero-order valence-corrected chi connectivity index (χ0v) is 13.8. The molecule has 2 rings (SSSR count). The highest BCUT2D eigenvalue weighted by molar-refractivity contribution is 7.88. The molecule has 22 heavy (non-hydrogen) atoms. The average molecular weight is 325 g/mol. The molecule has 1 fully saturated rings. The first kappa shape index (κ1) is 16.8. The molecule has 2 N–H and O–H groups in total. The van der Waals surface area contributed by atoms with Gasteiger partial charge in [-0.05, 0) is 30.9 Å². The average Bonchev–Trinajstić information content (AvgIpc) is 2.46. The maximum atomic E-state index is 11.9. The van der Waals surface area contributed by atoms with Crippen molar-refractivity contribution in [1.82, 2.24) is 14.9 Å². The Labute approximate surface area is 131 Å². The Hall–Kier alpha value is -1.60. The van der Waals surface area contributed by atoms with Crippen molar-refractivity contribution in [2.75, 3.05) is 19.3 Å². The molecule has 0 radical (unpaired) electrons. The number of benzene rings is 1. The fraction of sp³-hybridized carbons (Fsp3) is 0.533. The first-order chi connectivity index (χ1) is 10.4. The van der Waals surface area contributed by atoms with Crippen molar-refractivity contribution in [1.29, 1.82) is 0 Å². The van der Waals surface area contributed by atoms with Gasteiger partial charge in [0.25, 0.3) is 0 Å². The van der Waals surface area contributed by atoms with Gasteiger partial charge in [-0.2, -0.15) is 0 Å². The lowest BCUT2D eigenvalue weighted by Gasteiger charge is -2.30. The number of rotatable bonds is 4. The van der Waals surface area contributed by atoms with Crippen LogP contribution in [0.4, 0.5) is 4.79 Å². The van der Waals surface area contributed by atoms with Gasteiger partial charge < -0.3 is 10.6 Å². The summed E-state index contributed by atoms with van der Waals surface area (Å²) in [5.74, 6) is 0. The van der Waals surface area contributed by atoms with Crippen molar-refractivity contribution >= 4 is 16.1 Å². The summed E-state index contributed by atoms with van der Waals surface area (Å²) < 4.78 is 24.3. The number of nitrogens with zero attached hydrogens (tertiary/aromatic N) is 1. The predicted molar refractivity (Wildman–Crippen MR) is 86.0 cm³/mol. The van der Waals surface area contributed by atoms with E-state index in [1.54, 1.807) is 0 Å². The Bertz CT molecular complexity index is 623. The van der Waals surface area contributed by atoms with Gasteiger partial charge in [0, 0.05) is 25.7 Å². The third-order valence-corrected chi connectivity index (χ3v) is 5.26. The van der Waals surface area contributed by atoms with Crippen LogP contribution in [0.5, 0.6) is 0 Å². The Balaban J connectivity index is 1.76. The number of hydrogen-bond donors (Lipinski definition) is 2. The zero-order valence-electron chi connectivity index (χ0n) is 13.0. The summed E-state index contributed by atoms with van der Waals surface area (Å²) in [5.41, 5.74) is 2.23. The number of amides is 2. The van der Waals surface area contributed by atoms with Gasteiger partial charge >= 0.3 is 6.03 Å². The lowest BCUT2D eigenvalue weighted by molar-refractivity contribution is 0.227. The Kier molecular flexibility index (Phi) is 5.42. The second kappa shape index (κ2) is 7.11. The largest absolute Gasteiger partial charge is 0.335 e. The molecule has 1 saturated heterocycles. The quantitative estimate of drug-likeness (QED) is 0.873. The van der Waals surface area contributed by atoms with E-state index in [1.807, 2.05) is 31.2 Å². The van der Waals surface area contributed by atoms with E-state index in [-0.39, 0.29) is 12.1 Å². The molecule has 0 unspecified atom stereocenters. The molecule has 0 saturated carbocycles. The van der Waals surface area contributed by atoms with Gasteiger partial charge in [-0.15, -0.1) is 0 Å². The van der Waals surface area contributed by atoms with Crippen molar-refractivity contribution in [3.05, 3.63) is 35.4 Å². The van der Waals surface area contributed by atoms with Crippen molar-refractivity contribution in [2.24, 2.45) is 0 Å². The number of hydrogen-bond acceptors (Lipinski definition) is 3. The fourth-order valence-electron chi connectivity index (χ4n) is 2.55. The zero-order chi connectivity index (χ0) is 16.2. The van der Waals surface area contributed by atoms with Crippen LogP contribution in [0, 0.1) is 6.92 Å². The van der Waals surface area contributed by atoms with Crippen molar-refractivity contribution in [2.45, 2.75) is 32.4 Å². The van der Waals surface area contributed by atoms with Gasteiger partial charge in [-0.25, -0.2) is 17.5 Å². The molecule has 2 amide bonds. The van der Waals surface area contributed by atoms with E-state index >= 15 is 0 Å². The van der Waals surface area contributed by atoms with Crippen LogP contribution in [0.15, 0.2) is 24.3 Å². The topological polar surface area (TPSA) is 78.5 Å². The molecule has 122 valence electrons. The molecule has 1 aliphatic heterocycles. The molecule has 0 spiro atoms. The number of urea groups is 1. The highest BCUT2D eigenvalue weighted by atomic mass is 32.2. The molecule has 0 bridgehead atoms. The molecular formula is C15H23N3O3S. The lowest BCUT2D eigenvalue weighted by atomic mass is 10.1. The Morgan fingerprint density at radius 1 is 1.27 bits per heavy atom. The Morgan fingerprint density at radius 2 is 1.91 bits per heavy atom. The number of nitrogens with one attached hydrogen (secondary N) is 2. The lowest BCUT2D eigenvalue weighted by Crippen LogP contribution is -2.48. The maximum absolute atomic E-state index is 11.9. The van der Waals surface area contributed by atoms with Crippen LogP contribution in [0.2, 0.25) is 0 Å². The van der Waals surface area contributed by atoms with Crippen LogP contribution in [0.1, 0.15) is 24.0 Å². The van der Waals surface area contributed by atoms with Gasteiger partial charge in [0.2, 0.25) is 10.0 Å². The van der Waals surface area contributed by atoms with E-state index in [2.05, 4.69) is 10.6 Å². The first-order valence-electron chi connectivity index (χ1n) is 7.40. The third kappa shape index (κ3) is 4.71. The molecule has 1 aliphatic rings. The highest BCUT2D eigenvalue weighted by Crippen LogP contribution is 2.13. The summed E-state index contributed by atoms with van der Waals surface area (Å²) in [5, 5.41) is 5.76. The molecule has 0 aliphatic carbocycles. The normalized spacial score (nSPS) is 17.2. The van der Waals surface area contributed by atoms with Crippen molar-refractivity contribution < 1.29 is 13.2 Å². The predicted octanol–water partition coefficient (Wildman–Crippen LogP) is 1.22. The second-order valence-electron chi connectivity index (χ2n) is 5.69. The molecule has 0 aromatic heterocycles. The smallest absolute Gasteiger partial charge is 0.315 e. The van der Waals surface area contributed by atoms with Crippen LogP contribution < -0.4 is 10.6 Å². The number of carbonyl (C=O) groups excluding carboxylic acids is 1. The minimum atomic E-state index is -3.12. The van der Waals surface area contributed by atoms with E-state index in [0.29, 0.717) is 32.5 Å². The van der Waals surface area contributed by atoms with Crippen LogP contribution in [-0.4, -0.2) is 44.1 Å². The fourth-order valence-corrected chi connectivity index (χ4v) is 3.43. The molecule has 1 heterocycles. The van der Waals surface area contributed by atoms with Crippen LogP contribution in [0.3, 0.4) is 0 Å². The van der Waals surface area contributed by atoms with E-state index in [9.17, 15) is 13.2 Å². The van der Waals surface area contributed by atoms with Gasteiger partial charge in [0.1, 0.15) is 0 Å². The van der Waals surface area contributed by atoms with E-state index in [0.717, 1.165) is 11.1 Å². The minimum absolute atomic E-state index is 0.0230. The second-order valence-corrected chi connectivity index (χ2v) is 7.67. The summed E-state index contributed by atoms with van der Waals surface area (Å²) in [6.07, 6.45) is 2.51. The van der Waals surface area contributed by atoms with E-state index < -0.39 is 10.0 Å². The van der Waals surface area contributed by atoms with Crippen LogP contribution in [0.25, 0.3) is 0 Å². The van der Waals surface area contributed by atoms with Crippen LogP contribution in [-0.2, 0) is 16.6 Å². The van der Waals surface area contributed by atoms with Gasteiger partial charge in [0.05, 0.1) is 6.26 Å². The van der Waals surface area contributed by atoms with Gasteiger partial charge in [-0.3, -0.25) is 0 Å². The number of carbonyl (C=O) groups is 1. The number of sulfonamides is 1. The Morgan fingerprint density at radius 3 is 2.50 bits per heavy atom. The minimum Gasteiger partial charge on any atom is -0.335 e. The monoisotopic (exact) mass is 325 g/mol. The summed E-state index contributed by atoms with van der Waals surface area (Å²) in [6, 6.07) is 7.73. The first-order valence-corrected chi connectivity index (χ1v) is 9.25. The molecule has 7 heteroatoms. The van der Waals surface area contributed by atoms with Crippen molar-refractivity contribution in [3.63, 3.8) is 0 Å². The van der Waals surface area contributed by atoms with E-state index in [1.165, 1.54) is 10.6 Å². The molecule has 6 nitrogen and oxygen atoms in total. The summed E-state index contributed by atoms with van der Waals surface area (Å²) >= 11 is 0. The SMILES string of the molecule is Cc1ccccc1CNC(=O)NC1CCN(S(C)(=O)=O)CC1. The molecular weight excluding hydrogens is 302 g/mol. The third-order valence-electron chi connectivity index (χ3n) is 3.96.